The molecule has 5 heteroatoms. The van der Waals surface area contributed by atoms with Crippen molar-refractivity contribution in [2.24, 2.45) is 0 Å². The maximum Gasteiger partial charge on any atom is 0.227 e. The zero-order chi connectivity index (χ0) is 37.9. The molecule has 0 aliphatic rings. The van der Waals surface area contributed by atoms with Gasteiger partial charge in [0.25, 0.3) is 0 Å². The second-order valence-corrected chi connectivity index (χ2v) is 15.1. The Morgan fingerprint density at radius 2 is 1.18 bits per heavy atom. The minimum Gasteiger partial charge on any atom is -0.437 e. The van der Waals surface area contributed by atoms with Crippen molar-refractivity contribution < 1.29 is 4.42 Å². The fraction of sp³-hybridized carbons (Fsp3) is 0.255. The monoisotopic (exact) mass is 734 g/mol. The van der Waals surface area contributed by atoms with E-state index in [2.05, 4.69) is 107 Å². The Balaban J connectivity index is 0.766. The first-order chi connectivity index (χ1) is 27.7. The SMILES string of the molecule is Cc1ccc2c(n1)oc1c(-c3ccccn3)ccc(CCCCCCc3ccc(-c4cc(CCCCCCc5ccc(-c6ccccc6)nc5)ccn4)cc3)c12. The number of unbranched alkanes of at least 4 members (excludes halogenated alkanes) is 6. The Morgan fingerprint density at radius 1 is 0.482 bits per heavy atom. The van der Waals surface area contributed by atoms with E-state index >= 15 is 0 Å². The van der Waals surface area contributed by atoms with Gasteiger partial charge >= 0.3 is 0 Å². The molecule has 8 rings (SSSR count). The van der Waals surface area contributed by atoms with Gasteiger partial charge in [-0.2, -0.15) is 0 Å². The highest BCUT2D eigenvalue weighted by molar-refractivity contribution is 6.10. The van der Waals surface area contributed by atoms with Crippen molar-refractivity contribution in [3.8, 4) is 33.8 Å². The molecule has 5 heterocycles. The standard InChI is InChI=1S/C51H50N4O/c1-37-22-29-45-49-43(28-30-44(47-21-13-14-33-52-47)50(49)56-51(45)55-37)20-10-5-4-7-15-38-23-26-42(27-24-38)48-35-39(32-34-53-48)16-8-2-3-9-17-40-25-31-46(54-36-40)41-18-11-6-12-19-41/h6,11-14,18-19,21-36H,2-5,7-10,15-17,20H2,1H3. The molecule has 0 aliphatic carbocycles. The van der Waals surface area contributed by atoms with Crippen molar-refractivity contribution in [3.63, 3.8) is 0 Å². The van der Waals surface area contributed by atoms with Gasteiger partial charge in [0.05, 0.1) is 17.1 Å². The molecule has 0 fully saturated rings. The van der Waals surface area contributed by atoms with E-state index < -0.39 is 0 Å². The van der Waals surface area contributed by atoms with Crippen molar-refractivity contribution in [2.45, 2.75) is 84.0 Å². The van der Waals surface area contributed by atoms with E-state index in [0.29, 0.717) is 5.71 Å². The maximum atomic E-state index is 6.39. The summed E-state index contributed by atoms with van der Waals surface area (Å²) >= 11 is 0. The van der Waals surface area contributed by atoms with Crippen LogP contribution in [0.5, 0.6) is 0 Å². The van der Waals surface area contributed by atoms with Crippen LogP contribution < -0.4 is 0 Å². The number of aromatic nitrogens is 4. The number of pyridine rings is 4. The maximum absolute atomic E-state index is 6.39. The van der Waals surface area contributed by atoms with E-state index in [0.717, 1.165) is 71.4 Å². The number of benzene rings is 3. The summed E-state index contributed by atoms with van der Waals surface area (Å²) in [5.41, 5.74) is 14.4. The molecule has 5 nitrogen and oxygen atoms in total. The molecule has 0 aliphatic heterocycles. The molecule has 0 saturated heterocycles. The third-order valence-corrected chi connectivity index (χ3v) is 11.0. The topological polar surface area (TPSA) is 64.7 Å². The van der Waals surface area contributed by atoms with E-state index in [1.807, 2.05) is 49.8 Å². The highest BCUT2D eigenvalue weighted by atomic mass is 16.3. The van der Waals surface area contributed by atoms with Gasteiger partial charge in [-0.3, -0.25) is 15.0 Å². The van der Waals surface area contributed by atoms with Gasteiger partial charge in [0.15, 0.2) is 0 Å². The molecule has 0 N–H and O–H groups in total. The first-order valence-corrected chi connectivity index (χ1v) is 20.5. The number of hydrogen-bond acceptors (Lipinski definition) is 5. The second kappa shape index (κ2) is 18.1. The lowest BCUT2D eigenvalue weighted by atomic mass is 9.97. The molecular weight excluding hydrogens is 685 g/mol. The fourth-order valence-corrected chi connectivity index (χ4v) is 7.85. The Hall–Kier alpha value is -5.94. The lowest BCUT2D eigenvalue weighted by Gasteiger charge is -2.08. The summed E-state index contributed by atoms with van der Waals surface area (Å²) in [6.07, 6.45) is 19.8. The van der Waals surface area contributed by atoms with Crippen molar-refractivity contribution in [1.82, 2.24) is 19.9 Å². The van der Waals surface area contributed by atoms with Crippen molar-refractivity contribution in [1.29, 1.82) is 0 Å². The number of fused-ring (bicyclic) bond motifs is 3. The molecule has 0 bridgehead atoms. The quantitative estimate of drug-likeness (QED) is 0.0872. The average Bonchev–Trinajstić information content (AvgIpc) is 3.63. The van der Waals surface area contributed by atoms with Crippen LogP contribution in [0.3, 0.4) is 0 Å². The van der Waals surface area contributed by atoms with Crippen molar-refractivity contribution in [2.75, 3.05) is 0 Å². The molecule has 0 unspecified atom stereocenters. The smallest absolute Gasteiger partial charge is 0.227 e. The minimum atomic E-state index is 0.705. The summed E-state index contributed by atoms with van der Waals surface area (Å²) in [5.74, 6) is 0. The number of rotatable bonds is 17. The summed E-state index contributed by atoms with van der Waals surface area (Å²) in [5, 5.41) is 2.27. The van der Waals surface area contributed by atoms with Gasteiger partial charge in [-0.25, -0.2) is 4.98 Å². The van der Waals surface area contributed by atoms with E-state index in [9.17, 15) is 0 Å². The lowest BCUT2D eigenvalue weighted by molar-refractivity contribution is 0.640. The zero-order valence-corrected chi connectivity index (χ0v) is 32.5. The van der Waals surface area contributed by atoms with Crippen LogP contribution in [0.2, 0.25) is 0 Å². The lowest BCUT2D eigenvalue weighted by Crippen LogP contribution is -1.92. The molecule has 0 radical (unpaired) electrons. The van der Waals surface area contributed by atoms with Gasteiger partial charge in [0.1, 0.15) is 5.58 Å². The van der Waals surface area contributed by atoms with Crippen LogP contribution >= 0.6 is 0 Å². The van der Waals surface area contributed by atoms with Gasteiger partial charge in [0.2, 0.25) is 5.71 Å². The molecule has 0 amide bonds. The van der Waals surface area contributed by atoms with Gasteiger partial charge in [0, 0.05) is 51.7 Å². The second-order valence-electron chi connectivity index (χ2n) is 15.1. The highest BCUT2D eigenvalue weighted by Crippen LogP contribution is 2.37. The van der Waals surface area contributed by atoms with Crippen LogP contribution in [0.4, 0.5) is 0 Å². The van der Waals surface area contributed by atoms with Crippen molar-refractivity contribution in [3.05, 3.63) is 168 Å². The van der Waals surface area contributed by atoms with Gasteiger partial charge in [-0.15, -0.1) is 0 Å². The number of furan rings is 1. The van der Waals surface area contributed by atoms with Gasteiger partial charge in [-0.05, 0) is 129 Å². The zero-order valence-electron chi connectivity index (χ0n) is 32.5. The van der Waals surface area contributed by atoms with E-state index in [1.165, 1.54) is 83.7 Å². The predicted octanol–water partition coefficient (Wildman–Crippen LogP) is 13.2. The molecule has 0 saturated carbocycles. The van der Waals surface area contributed by atoms with Crippen LogP contribution in [0.1, 0.15) is 79.3 Å². The third kappa shape index (κ3) is 9.12. The van der Waals surface area contributed by atoms with Gasteiger partial charge in [-0.1, -0.05) is 98.5 Å². The van der Waals surface area contributed by atoms with Crippen LogP contribution in [-0.4, -0.2) is 19.9 Å². The largest absolute Gasteiger partial charge is 0.437 e. The van der Waals surface area contributed by atoms with Crippen molar-refractivity contribution >= 4 is 22.1 Å². The Labute approximate surface area is 330 Å². The molecular formula is C51H50N4O. The first-order valence-electron chi connectivity index (χ1n) is 20.5. The average molecular weight is 735 g/mol. The number of hydrogen-bond donors (Lipinski definition) is 0. The molecule has 8 aromatic rings. The molecule has 280 valence electrons. The first kappa shape index (κ1) is 37.0. The molecule has 0 atom stereocenters. The molecule has 56 heavy (non-hydrogen) atoms. The van der Waals surface area contributed by atoms with Gasteiger partial charge < -0.3 is 4.42 Å². The van der Waals surface area contributed by atoms with Crippen LogP contribution in [0, 0.1) is 6.92 Å². The summed E-state index contributed by atoms with van der Waals surface area (Å²) in [7, 11) is 0. The summed E-state index contributed by atoms with van der Waals surface area (Å²) in [6.45, 7) is 2.01. The third-order valence-electron chi connectivity index (χ3n) is 11.0. The van der Waals surface area contributed by atoms with Crippen LogP contribution in [-0.2, 0) is 25.7 Å². The van der Waals surface area contributed by atoms with Crippen LogP contribution in [0.25, 0.3) is 55.8 Å². The normalized spacial score (nSPS) is 11.4. The molecule has 5 aromatic heterocycles. The minimum absolute atomic E-state index is 0.705. The van der Waals surface area contributed by atoms with Crippen LogP contribution in [0.15, 0.2) is 144 Å². The number of aryl methyl sites for hydroxylation is 5. The molecule has 3 aromatic carbocycles. The summed E-state index contributed by atoms with van der Waals surface area (Å²) in [4.78, 5) is 18.7. The summed E-state index contributed by atoms with van der Waals surface area (Å²) < 4.78 is 6.39. The number of nitrogens with zero attached hydrogens (tertiary/aromatic N) is 4. The fourth-order valence-electron chi connectivity index (χ4n) is 7.85. The highest BCUT2D eigenvalue weighted by Gasteiger charge is 2.17. The summed E-state index contributed by atoms with van der Waals surface area (Å²) in [6, 6.07) is 42.9. The Morgan fingerprint density at radius 3 is 1.93 bits per heavy atom. The molecule has 0 spiro atoms. The predicted molar refractivity (Wildman–Crippen MR) is 231 cm³/mol. The van der Waals surface area contributed by atoms with E-state index in [-0.39, 0.29) is 0 Å². The Kier molecular flexibility index (Phi) is 12.0. The Bertz CT molecular complexity index is 2470. The van der Waals surface area contributed by atoms with E-state index in [4.69, 9.17) is 14.4 Å². The van der Waals surface area contributed by atoms with E-state index in [1.54, 1.807) is 0 Å².